The predicted molar refractivity (Wildman–Crippen MR) is 103 cm³/mol. The topological polar surface area (TPSA) is 57.2 Å². The molecule has 0 bridgehead atoms. The monoisotopic (exact) mass is 368 g/mol. The van der Waals surface area contributed by atoms with Crippen molar-refractivity contribution in [2.45, 2.75) is 31.8 Å². The van der Waals surface area contributed by atoms with Crippen molar-refractivity contribution >= 4 is 0 Å². The van der Waals surface area contributed by atoms with Crippen molar-refractivity contribution in [3.8, 4) is 28.7 Å². The van der Waals surface area contributed by atoms with Crippen LogP contribution in [0.2, 0.25) is 0 Å². The number of fused-ring (bicyclic) bond motifs is 3. The number of methoxy groups -OCH3 is 2. The lowest BCUT2D eigenvalue weighted by atomic mass is 9.87. The molecule has 5 nitrogen and oxygen atoms in total. The number of rotatable bonds is 4. The molecule has 27 heavy (non-hydrogen) atoms. The number of aromatic hydroxyl groups is 1. The first-order valence-corrected chi connectivity index (χ1v) is 9.06. The minimum atomic E-state index is -0.0188. The first-order valence-electron chi connectivity index (χ1n) is 9.06. The van der Waals surface area contributed by atoms with Crippen LogP contribution in [0.5, 0.6) is 28.7 Å². The zero-order chi connectivity index (χ0) is 19.1. The summed E-state index contributed by atoms with van der Waals surface area (Å²) in [5.74, 6) is 3.43. The van der Waals surface area contributed by atoms with E-state index < -0.39 is 0 Å². The van der Waals surface area contributed by atoms with Crippen LogP contribution in [0.15, 0.2) is 36.4 Å². The summed E-state index contributed by atoms with van der Waals surface area (Å²) < 4.78 is 23.4. The number of benzene rings is 2. The van der Waals surface area contributed by atoms with Crippen LogP contribution < -0.4 is 18.9 Å². The second-order valence-electron chi connectivity index (χ2n) is 7.16. The van der Waals surface area contributed by atoms with E-state index in [2.05, 4.69) is 6.58 Å². The van der Waals surface area contributed by atoms with Gasteiger partial charge < -0.3 is 24.1 Å². The van der Waals surface area contributed by atoms with Gasteiger partial charge in [-0.1, -0.05) is 12.6 Å². The van der Waals surface area contributed by atoms with Crippen molar-refractivity contribution < 1.29 is 24.1 Å². The minimum Gasteiger partial charge on any atom is -0.508 e. The van der Waals surface area contributed by atoms with Crippen molar-refractivity contribution in [3.63, 3.8) is 0 Å². The molecule has 0 unspecified atom stereocenters. The van der Waals surface area contributed by atoms with Crippen molar-refractivity contribution in [2.75, 3.05) is 20.8 Å². The summed E-state index contributed by atoms with van der Waals surface area (Å²) in [4.78, 5) is 0. The lowest BCUT2D eigenvalue weighted by molar-refractivity contribution is 0.251. The normalized spacial score (nSPS) is 20.1. The first-order chi connectivity index (χ1) is 13.0. The lowest BCUT2D eigenvalue weighted by Gasteiger charge is -2.29. The zero-order valence-electron chi connectivity index (χ0n) is 15.9. The van der Waals surface area contributed by atoms with Crippen LogP contribution in [-0.2, 0) is 12.8 Å². The van der Waals surface area contributed by atoms with E-state index in [4.69, 9.17) is 18.9 Å². The smallest absolute Gasteiger partial charge is 0.133 e. The standard InChI is InChI=1S/C22H24O5/c1-12(2)18-9-17-21(27-18)10-20(25-4)16-7-13(11-26-22(16)17)15-6-5-14(23)8-19(15)24-3/h5-6,8,10,13,18,23H,1,7,9,11H2,2-4H3/t13-,18+/m1/s1. The molecule has 142 valence electrons. The molecule has 2 atom stereocenters. The SMILES string of the molecule is C=C(C)[C@@H]1Cc2c(cc(OC)c3c2OC[C@H](c2ccc(O)cc2OC)C3)O1. The molecule has 2 aromatic rings. The third-order valence-electron chi connectivity index (χ3n) is 5.37. The van der Waals surface area contributed by atoms with Gasteiger partial charge in [0.2, 0.25) is 0 Å². The van der Waals surface area contributed by atoms with Crippen LogP contribution in [0.1, 0.15) is 29.5 Å². The van der Waals surface area contributed by atoms with Gasteiger partial charge in [0.25, 0.3) is 0 Å². The third-order valence-corrected chi connectivity index (χ3v) is 5.37. The molecule has 0 saturated heterocycles. The summed E-state index contributed by atoms with van der Waals surface area (Å²) in [6.07, 6.45) is 1.52. The highest BCUT2D eigenvalue weighted by molar-refractivity contribution is 5.61. The van der Waals surface area contributed by atoms with Gasteiger partial charge in [0.15, 0.2) is 0 Å². The van der Waals surface area contributed by atoms with Crippen molar-refractivity contribution in [2.24, 2.45) is 0 Å². The fraction of sp³-hybridized carbons (Fsp3) is 0.364. The highest BCUT2D eigenvalue weighted by Gasteiger charge is 2.34. The van der Waals surface area contributed by atoms with Crippen LogP contribution in [0, 0.1) is 0 Å². The lowest BCUT2D eigenvalue weighted by Crippen LogP contribution is -2.21. The van der Waals surface area contributed by atoms with Gasteiger partial charge in [-0.05, 0) is 25.0 Å². The molecular formula is C22H24O5. The molecule has 0 aromatic heterocycles. The molecule has 1 N–H and O–H groups in total. The van der Waals surface area contributed by atoms with Crippen LogP contribution in [0.3, 0.4) is 0 Å². The molecule has 0 amide bonds. The van der Waals surface area contributed by atoms with Gasteiger partial charge in [0.05, 0.1) is 20.8 Å². The van der Waals surface area contributed by atoms with E-state index in [1.807, 2.05) is 19.1 Å². The molecule has 2 aliphatic heterocycles. The second kappa shape index (κ2) is 6.72. The molecule has 0 aliphatic carbocycles. The van der Waals surface area contributed by atoms with E-state index in [-0.39, 0.29) is 17.8 Å². The van der Waals surface area contributed by atoms with E-state index in [9.17, 15) is 5.11 Å². The Labute approximate surface area is 159 Å². The van der Waals surface area contributed by atoms with Gasteiger partial charge in [-0.25, -0.2) is 0 Å². The fourth-order valence-corrected chi connectivity index (χ4v) is 3.93. The Hall–Kier alpha value is -2.82. The number of ether oxygens (including phenoxy) is 4. The third kappa shape index (κ3) is 2.97. The Morgan fingerprint density at radius 2 is 1.89 bits per heavy atom. The van der Waals surface area contributed by atoms with E-state index in [0.717, 1.165) is 52.4 Å². The fourth-order valence-electron chi connectivity index (χ4n) is 3.93. The van der Waals surface area contributed by atoms with Crippen molar-refractivity contribution in [1.29, 1.82) is 0 Å². The van der Waals surface area contributed by atoms with Gasteiger partial charge >= 0.3 is 0 Å². The average Bonchev–Trinajstić information content (AvgIpc) is 3.11. The van der Waals surface area contributed by atoms with Crippen LogP contribution >= 0.6 is 0 Å². The van der Waals surface area contributed by atoms with E-state index >= 15 is 0 Å². The Morgan fingerprint density at radius 3 is 2.59 bits per heavy atom. The summed E-state index contributed by atoms with van der Waals surface area (Å²) >= 11 is 0. The molecule has 2 aromatic carbocycles. The quantitative estimate of drug-likeness (QED) is 0.827. The molecule has 5 heteroatoms. The Kier molecular flexibility index (Phi) is 4.38. The predicted octanol–water partition coefficient (Wildman–Crippen LogP) is 4.01. The van der Waals surface area contributed by atoms with E-state index in [1.165, 1.54) is 0 Å². The van der Waals surface area contributed by atoms with Gasteiger partial charge in [-0.15, -0.1) is 0 Å². The maximum absolute atomic E-state index is 9.73. The maximum atomic E-state index is 9.73. The largest absolute Gasteiger partial charge is 0.508 e. The van der Waals surface area contributed by atoms with E-state index in [0.29, 0.717) is 12.4 Å². The highest BCUT2D eigenvalue weighted by Crippen LogP contribution is 2.49. The van der Waals surface area contributed by atoms with Crippen LogP contribution in [-0.4, -0.2) is 32.0 Å². The van der Waals surface area contributed by atoms with Gasteiger partial charge in [0, 0.05) is 41.2 Å². The Morgan fingerprint density at radius 1 is 1.11 bits per heavy atom. The minimum absolute atomic E-state index is 0.0188. The highest BCUT2D eigenvalue weighted by atomic mass is 16.5. The molecule has 2 aliphatic rings. The second-order valence-corrected chi connectivity index (χ2v) is 7.16. The zero-order valence-corrected chi connectivity index (χ0v) is 15.9. The number of phenols is 1. The molecule has 0 saturated carbocycles. The number of hydrogen-bond donors (Lipinski definition) is 1. The van der Waals surface area contributed by atoms with Crippen molar-refractivity contribution in [1.82, 2.24) is 0 Å². The van der Waals surface area contributed by atoms with Gasteiger partial charge in [0.1, 0.15) is 34.9 Å². The summed E-state index contributed by atoms with van der Waals surface area (Å²) in [6.45, 7) is 6.53. The van der Waals surface area contributed by atoms with Gasteiger partial charge in [-0.3, -0.25) is 0 Å². The van der Waals surface area contributed by atoms with Crippen LogP contribution in [0.4, 0.5) is 0 Å². The van der Waals surface area contributed by atoms with E-state index in [1.54, 1.807) is 26.4 Å². The molecule has 0 fully saturated rings. The first kappa shape index (κ1) is 17.6. The van der Waals surface area contributed by atoms with Crippen LogP contribution in [0.25, 0.3) is 0 Å². The molecular weight excluding hydrogens is 344 g/mol. The number of hydrogen-bond acceptors (Lipinski definition) is 5. The Balaban J connectivity index is 1.72. The summed E-state index contributed by atoms with van der Waals surface area (Å²) in [6, 6.07) is 7.17. The van der Waals surface area contributed by atoms with Gasteiger partial charge in [-0.2, -0.15) is 0 Å². The maximum Gasteiger partial charge on any atom is 0.133 e. The summed E-state index contributed by atoms with van der Waals surface area (Å²) in [7, 11) is 3.27. The average molecular weight is 368 g/mol. The molecule has 0 radical (unpaired) electrons. The summed E-state index contributed by atoms with van der Waals surface area (Å²) in [5, 5.41) is 9.73. The Bertz CT molecular complexity index is 902. The number of phenolic OH excluding ortho intramolecular Hbond substituents is 1. The van der Waals surface area contributed by atoms with Crippen molar-refractivity contribution in [3.05, 3.63) is 53.1 Å². The summed E-state index contributed by atoms with van der Waals surface area (Å²) in [5.41, 5.74) is 4.16. The molecule has 0 spiro atoms. The molecule has 4 rings (SSSR count). The molecule has 2 heterocycles.